The fourth-order valence-electron chi connectivity index (χ4n) is 5.64. The number of carbonyl (C=O) groups excluding carboxylic acids is 3. The van der Waals surface area contributed by atoms with E-state index in [1.807, 2.05) is 13.1 Å². The van der Waals surface area contributed by atoms with Crippen LogP contribution in [0.1, 0.15) is 50.5 Å². The van der Waals surface area contributed by atoms with E-state index in [-0.39, 0.29) is 36.1 Å². The number of nitrogens with two attached hydrogens (primary N) is 1. The molecule has 3 fully saturated rings. The van der Waals surface area contributed by atoms with Crippen molar-refractivity contribution in [3.05, 3.63) is 35.9 Å². The average molecular weight is 442 g/mol. The zero-order chi connectivity index (χ0) is 22.8. The molecule has 0 atom stereocenters. The third-order valence-electron chi connectivity index (χ3n) is 7.86. The maximum Gasteiger partial charge on any atom is 0.321 e. The van der Waals surface area contributed by atoms with E-state index in [9.17, 15) is 14.4 Å². The van der Waals surface area contributed by atoms with Crippen molar-refractivity contribution in [2.24, 2.45) is 11.7 Å². The third-order valence-corrected chi connectivity index (χ3v) is 7.86. The third kappa shape index (κ3) is 4.33. The predicted molar refractivity (Wildman–Crippen MR) is 122 cm³/mol. The number of nitrogens with one attached hydrogen (secondary N) is 2. The molecule has 1 saturated heterocycles. The highest BCUT2D eigenvalue weighted by atomic mass is 16.2. The number of hydrogen-bond donors (Lipinski definition) is 3. The maximum atomic E-state index is 13.4. The quantitative estimate of drug-likeness (QED) is 0.569. The molecular formula is C24H35N5O3. The van der Waals surface area contributed by atoms with E-state index in [4.69, 9.17) is 5.73 Å². The van der Waals surface area contributed by atoms with E-state index < -0.39 is 5.91 Å². The highest BCUT2D eigenvalue weighted by molar-refractivity contribution is 5.88. The summed E-state index contributed by atoms with van der Waals surface area (Å²) in [5.41, 5.74) is 6.07. The summed E-state index contributed by atoms with van der Waals surface area (Å²) in [6.07, 6.45) is 7.22. The summed E-state index contributed by atoms with van der Waals surface area (Å²) in [6.45, 7) is 1.08. The molecule has 1 spiro atoms. The van der Waals surface area contributed by atoms with Crippen LogP contribution in [0.4, 0.5) is 4.79 Å². The first-order valence-electron chi connectivity index (χ1n) is 11.7. The molecule has 0 radical (unpaired) electrons. The van der Waals surface area contributed by atoms with Gasteiger partial charge in [-0.1, -0.05) is 36.8 Å². The molecule has 4 N–H and O–H groups in total. The lowest BCUT2D eigenvalue weighted by Crippen LogP contribution is -2.56. The molecule has 1 heterocycles. The van der Waals surface area contributed by atoms with Crippen LogP contribution < -0.4 is 16.4 Å². The Bertz CT molecular complexity index is 846. The number of amides is 4. The minimum atomic E-state index is -0.592. The van der Waals surface area contributed by atoms with Crippen LogP contribution in [0.5, 0.6) is 0 Å². The van der Waals surface area contributed by atoms with Gasteiger partial charge in [0.1, 0.15) is 6.54 Å². The molecule has 0 unspecified atom stereocenters. The summed E-state index contributed by atoms with van der Waals surface area (Å²) < 4.78 is 0. The van der Waals surface area contributed by atoms with Gasteiger partial charge in [0.05, 0.1) is 12.1 Å². The number of carbonyl (C=O) groups is 3. The van der Waals surface area contributed by atoms with Crippen molar-refractivity contribution in [1.82, 2.24) is 20.4 Å². The first-order valence-corrected chi connectivity index (χ1v) is 11.7. The molecule has 0 aromatic heterocycles. The molecule has 0 bridgehead atoms. The molecular weight excluding hydrogens is 406 g/mol. The monoisotopic (exact) mass is 441 g/mol. The highest BCUT2D eigenvalue weighted by Crippen LogP contribution is 2.47. The van der Waals surface area contributed by atoms with Crippen molar-refractivity contribution in [2.45, 2.75) is 56.0 Å². The fourth-order valence-corrected chi connectivity index (χ4v) is 5.64. The molecule has 2 aliphatic carbocycles. The number of hydrogen-bond acceptors (Lipinski definition) is 4. The zero-order valence-corrected chi connectivity index (χ0v) is 18.9. The number of benzene rings is 1. The first kappa shape index (κ1) is 22.6. The minimum absolute atomic E-state index is 0.0368. The Kier molecular flexibility index (Phi) is 6.42. The van der Waals surface area contributed by atoms with Crippen LogP contribution in [-0.4, -0.2) is 66.4 Å². The van der Waals surface area contributed by atoms with Crippen LogP contribution in [0.2, 0.25) is 0 Å². The van der Waals surface area contributed by atoms with Crippen molar-refractivity contribution >= 4 is 17.8 Å². The summed E-state index contributed by atoms with van der Waals surface area (Å²) in [5.74, 6) is -0.377. The number of urea groups is 1. The second-order valence-corrected chi connectivity index (χ2v) is 9.71. The number of nitrogens with zero attached hydrogens (tertiary/aromatic N) is 2. The van der Waals surface area contributed by atoms with Crippen molar-refractivity contribution < 1.29 is 14.4 Å². The Morgan fingerprint density at radius 1 is 1.12 bits per heavy atom. The van der Waals surface area contributed by atoms with Gasteiger partial charge in [0.2, 0.25) is 11.8 Å². The molecule has 2 saturated carbocycles. The molecule has 32 heavy (non-hydrogen) atoms. The lowest BCUT2D eigenvalue weighted by Gasteiger charge is -2.49. The SMILES string of the molecule is CN[C@]1(c2ccccc2)CC[C@]2(CC1)CN(CC(=O)NCC(N)=O)C(=O)N2CC1CCC1. The van der Waals surface area contributed by atoms with Crippen molar-refractivity contribution in [3.63, 3.8) is 0 Å². The summed E-state index contributed by atoms with van der Waals surface area (Å²) in [7, 11) is 2.02. The van der Waals surface area contributed by atoms with Crippen LogP contribution in [0.3, 0.4) is 0 Å². The van der Waals surface area contributed by atoms with Gasteiger partial charge in [0, 0.05) is 18.6 Å². The Hall–Kier alpha value is -2.61. The van der Waals surface area contributed by atoms with Gasteiger partial charge in [0.25, 0.3) is 0 Å². The summed E-state index contributed by atoms with van der Waals surface area (Å²) >= 11 is 0. The second-order valence-electron chi connectivity index (χ2n) is 9.71. The molecule has 1 aromatic rings. The summed E-state index contributed by atoms with van der Waals surface area (Å²) in [6, 6.07) is 10.5. The van der Waals surface area contributed by atoms with Gasteiger partial charge < -0.3 is 26.2 Å². The maximum absolute atomic E-state index is 13.4. The Labute approximate surface area is 189 Å². The summed E-state index contributed by atoms with van der Waals surface area (Å²) in [4.78, 5) is 40.4. The lowest BCUT2D eigenvalue weighted by atomic mass is 9.68. The number of primary amides is 1. The molecule has 8 heteroatoms. The van der Waals surface area contributed by atoms with Gasteiger partial charge in [-0.2, -0.15) is 0 Å². The van der Waals surface area contributed by atoms with E-state index in [0.29, 0.717) is 12.5 Å². The van der Waals surface area contributed by atoms with Gasteiger partial charge in [-0.15, -0.1) is 0 Å². The molecule has 8 nitrogen and oxygen atoms in total. The van der Waals surface area contributed by atoms with Crippen LogP contribution >= 0.6 is 0 Å². The van der Waals surface area contributed by atoms with Crippen molar-refractivity contribution in [2.75, 3.05) is 33.2 Å². The topological polar surface area (TPSA) is 108 Å². The molecule has 1 aliphatic heterocycles. The Morgan fingerprint density at radius 2 is 1.81 bits per heavy atom. The molecule has 1 aromatic carbocycles. The molecule has 4 rings (SSSR count). The van der Waals surface area contributed by atoms with E-state index in [0.717, 1.165) is 32.2 Å². The van der Waals surface area contributed by atoms with Crippen LogP contribution in [-0.2, 0) is 15.1 Å². The van der Waals surface area contributed by atoms with Crippen molar-refractivity contribution in [1.29, 1.82) is 0 Å². The molecule has 4 amide bonds. The predicted octanol–water partition coefficient (Wildman–Crippen LogP) is 1.55. The van der Waals surface area contributed by atoms with Crippen LogP contribution in [0.25, 0.3) is 0 Å². The minimum Gasteiger partial charge on any atom is -0.368 e. The van der Waals surface area contributed by atoms with Gasteiger partial charge in [-0.05, 0) is 57.1 Å². The highest BCUT2D eigenvalue weighted by Gasteiger charge is 2.54. The van der Waals surface area contributed by atoms with Gasteiger partial charge in [0.15, 0.2) is 0 Å². The van der Waals surface area contributed by atoms with Crippen LogP contribution in [0.15, 0.2) is 30.3 Å². The van der Waals surface area contributed by atoms with E-state index in [1.165, 1.54) is 24.8 Å². The normalized spacial score (nSPS) is 28.1. The smallest absolute Gasteiger partial charge is 0.321 e. The van der Waals surface area contributed by atoms with Crippen molar-refractivity contribution in [3.8, 4) is 0 Å². The number of rotatable bonds is 8. The van der Waals surface area contributed by atoms with Crippen LogP contribution in [0, 0.1) is 5.92 Å². The lowest BCUT2D eigenvalue weighted by molar-refractivity contribution is -0.125. The van der Waals surface area contributed by atoms with E-state index >= 15 is 0 Å². The van der Waals surface area contributed by atoms with Gasteiger partial charge >= 0.3 is 6.03 Å². The van der Waals surface area contributed by atoms with Gasteiger partial charge in [-0.25, -0.2) is 4.79 Å². The van der Waals surface area contributed by atoms with Gasteiger partial charge in [-0.3, -0.25) is 9.59 Å². The Morgan fingerprint density at radius 3 is 2.38 bits per heavy atom. The zero-order valence-electron chi connectivity index (χ0n) is 18.9. The fraction of sp³-hybridized carbons (Fsp3) is 0.625. The summed E-state index contributed by atoms with van der Waals surface area (Å²) in [5, 5.41) is 6.08. The van der Waals surface area contributed by atoms with E-state index in [2.05, 4.69) is 39.8 Å². The molecule has 3 aliphatic rings. The standard InChI is InChI=1S/C24H35N5O3/c1-26-24(19-8-3-2-4-9-19)12-10-23(11-13-24)17-28(16-21(31)27-14-20(25)30)22(32)29(23)15-18-6-5-7-18/h2-4,8-9,18,26H,5-7,10-17H2,1H3,(H2,25,30)(H,27,31)/t23-,24+. The second kappa shape index (κ2) is 9.10. The Balaban J connectivity index is 1.50. The van der Waals surface area contributed by atoms with E-state index in [1.54, 1.807) is 4.90 Å². The first-order chi connectivity index (χ1) is 15.4. The largest absolute Gasteiger partial charge is 0.368 e. The average Bonchev–Trinajstić information content (AvgIpc) is 3.01. The molecule has 174 valence electrons.